The number of ether oxygens (including phenoxy) is 1. The smallest absolute Gasteiger partial charge is 0.245 e. The van der Waals surface area contributed by atoms with Crippen molar-refractivity contribution in [3.8, 4) is 11.4 Å². The molecule has 5 rings (SSSR count). The summed E-state index contributed by atoms with van der Waals surface area (Å²) in [5.74, 6) is 0.285. The van der Waals surface area contributed by atoms with Crippen LogP contribution in [0.5, 0.6) is 0 Å². The summed E-state index contributed by atoms with van der Waals surface area (Å²) < 4.78 is 5.44. The van der Waals surface area contributed by atoms with E-state index < -0.39 is 0 Å². The minimum absolute atomic E-state index is 0.183. The second kappa shape index (κ2) is 8.19. The Morgan fingerprint density at radius 1 is 0.938 bits per heavy atom. The fourth-order valence-corrected chi connectivity index (χ4v) is 4.19. The second-order valence-corrected chi connectivity index (χ2v) is 7.69. The van der Waals surface area contributed by atoms with E-state index in [0.717, 1.165) is 0 Å². The van der Waals surface area contributed by atoms with Gasteiger partial charge in [0.1, 0.15) is 6.33 Å². The lowest BCUT2D eigenvalue weighted by molar-refractivity contribution is 0.0267. The lowest BCUT2D eigenvalue weighted by Gasteiger charge is -2.39. The number of fused-ring (bicyclic) bond motifs is 2. The van der Waals surface area contributed by atoms with Gasteiger partial charge in [-0.25, -0.2) is 9.99 Å². The van der Waals surface area contributed by atoms with Crippen molar-refractivity contribution in [1.29, 1.82) is 0 Å². The standard InChI is InChI=1S/C23H22N6O3/c1-14(24)29(28-9-11-32-12-10-28)23-26-13-25-22(27-23)18-8-4-7-17-19(18)21(31)16-6-3-2-5-15(16)20(17)30/h2-8,13-14H,9-12,24H2,1H3. The molecule has 9 heteroatoms. The van der Waals surface area contributed by atoms with Gasteiger partial charge in [-0.1, -0.05) is 42.5 Å². The molecule has 0 radical (unpaired) electrons. The van der Waals surface area contributed by atoms with Crippen LogP contribution in [0.2, 0.25) is 0 Å². The lowest BCUT2D eigenvalue weighted by Crippen LogP contribution is -2.56. The molecule has 2 aliphatic rings. The molecule has 2 aromatic carbocycles. The van der Waals surface area contributed by atoms with E-state index in [9.17, 15) is 9.59 Å². The van der Waals surface area contributed by atoms with Crippen molar-refractivity contribution in [2.24, 2.45) is 5.73 Å². The summed E-state index contributed by atoms with van der Waals surface area (Å²) in [7, 11) is 0. The number of benzene rings is 2. The van der Waals surface area contributed by atoms with Gasteiger partial charge < -0.3 is 10.5 Å². The molecule has 2 heterocycles. The Morgan fingerprint density at radius 3 is 2.31 bits per heavy atom. The molecule has 2 N–H and O–H groups in total. The van der Waals surface area contributed by atoms with E-state index >= 15 is 0 Å². The van der Waals surface area contributed by atoms with Gasteiger partial charge in [-0.15, -0.1) is 0 Å². The van der Waals surface area contributed by atoms with Gasteiger partial charge in [0.25, 0.3) is 0 Å². The summed E-state index contributed by atoms with van der Waals surface area (Å²) in [4.78, 5) is 39.7. The molecule has 3 aromatic rings. The third-order valence-electron chi connectivity index (χ3n) is 5.64. The molecule has 0 amide bonds. The van der Waals surface area contributed by atoms with Crippen LogP contribution in [0.4, 0.5) is 5.95 Å². The van der Waals surface area contributed by atoms with E-state index in [0.29, 0.717) is 65.9 Å². The van der Waals surface area contributed by atoms with E-state index in [4.69, 9.17) is 10.5 Å². The highest BCUT2D eigenvalue weighted by atomic mass is 16.5. The second-order valence-electron chi connectivity index (χ2n) is 7.69. The van der Waals surface area contributed by atoms with Crippen molar-refractivity contribution in [3.05, 3.63) is 71.0 Å². The maximum atomic E-state index is 13.3. The number of anilines is 1. The number of hydrogen-bond donors (Lipinski definition) is 1. The first-order valence-electron chi connectivity index (χ1n) is 10.4. The van der Waals surface area contributed by atoms with Crippen molar-refractivity contribution in [2.45, 2.75) is 13.1 Å². The first-order valence-corrected chi connectivity index (χ1v) is 10.4. The highest BCUT2D eigenvalue weighted by Crippen LogP contribution is 2.33. The van der Waals surface area contributed by atoms with Gasteiger partial charge in [-0.05, 0) is 6.92 Å². The molecule has 9 nitrogen and oxygen atoms in total. The monoisotopic (exact) mass is 430 g/mol. The Bertz CT molecular complexity index is 1210. The van der Waals surface area contributed by atoms with E-state index in [1.54, 1.807) is 42.5 Å². The number of morpholine rings is 1. The normalized spacial score (nSPS) is 16.9. The minimum atomic E-state index is -0.386. The Labute approximate surface area is 184 Å². The van der Waals surface area contributed by atoms with Crippen LogP contribution >= 0.6 is 0 Å². The van der Waals surface area contributed by atoms with Gasteiger partial charge in [0.05, 0.1) is 19.4 Å². The largest absolute Gasteiger partial charge is 0.379 e. The molecule has 0 bridgehead atoms. The van der Waals surface area contributed by atoms with Gasteiger partial charge in [-0.2, -0.15) is 9.97 Å². The Balaban J connectivity index is 1.60. The molecule has 1 unspecified atom stereocenters. The van der Waals surface area contributed by atoms with Gasteiger partial charge in [0, 0.05) is 40.9 Å². The van der Waals surface area contributed by atoms with Crippen LogP contribution in [0.25, 0.3) is 11.4 Å². The number of nitrogens with two attached hydrogens (primary N) is 1. The Morgan fingerprint density at radius 2 is 1.59 bits per heavy atom. The van der Waals surface area contributed by atoms with Crippen LogP contribution in [0.15, 0.2) is 48.8 Å². The highest BCUT2D eigenvalue weighted by molar-refractivity contribution is 6.30. The number of nitrogens with zero attached hydrogens (tertiary/aromatic N) is 5. The molecule has 1 saturated heterocycles. The van der Waals surface area contributed by atoms with Crippen LogP contribution in [0, 0.1) is 0 Å². The zero-order valence-corrected chi connectivity index (χ0v) is 17.6. The SMILES string of the molecule is CC(N)N(c1ncnc(-c2cccc3c2C(=O)c2ccccc2C3=O)n1)N1CCOCC1. The molecule has 162 valence electrons. The van der Waals surface area contributed by atoms with E-state index in [1.165, 1.54) is 6.33 Å². The summed E-state index contributed by atoms with van der Waals surface area (Å²) in [5, 5.41) is 3.85. The van der Waals surface area contributed by atoms with Gasteiger partial charge in [0.15, 0.2) is 17.4 Å². The van der Waals surface area contributed by atoms with Crippen LogP contribution in [0.1, 0.15) is 38.8 Å². The number of carbonyl (C=O) groups excluding carboxylic acids is 2. The van der Waals surface area contributed by atoms with Crippen LogP contribution < -0.4 is 10.7 Å². The van der Waals surface area contributed by atoms with E-state index in [1.807, 2.05) is 16.9 Å². The molecule has 1 aromatic heterocycles. The first kappa shape index (κ1) is 20.4. The summed E-state index contributed by atoms with van der Waals surface area (Å²) in [6.07, 6.45) is 1.01. The number of ketones is 2. The van der Waals surface area contributed by atoms with Gasteiger partial charge >= 0.3 is 0 Å². The molecule has 1 fully saturated rings. The molecule has 32 heavy (non-hydrogen) atoms. The van der Waals surface area contributed by atoms with Crippen LogP contribution in [0.3, 0.4) is 0 Å². The highest BCUT2D eigenvalue weighted by Gasteiger charge is 2.32. The summed E-state index contributed by atoms with van der Waals surface area (Å²) in [6, 6.07) is 12.0. The molecular formula is C23H22N6O3. The predicted octanol–water partition coefficient (Wildman–Crippen LogP) is 1.67. The molecule has 0 spiro atoms. The number of hydrazine groups is 1. The Kier molecular flexibility index (Phi) is 5.22. The van der Waals surface area contributed by atoms with Crippen molar-refractivity contribution in [2.75, 3.05) is 31.3 Å². The molecular weight excluding hydrogens is 408 g/mol. The minimum Gasteiger partial charge on any atom is -0.379 e. The fraction of sp³-hybridized carbons (Fsp3) is 0.261. The summed E-state index contributed by atoms with van der Waals surface area (Å²) in [6.45, 7) is 4.34. The maximum Gasteiger partial charge on any atom is 0.245 e. The third kappa shape index (κ3) is 3.36. The van der Waals surface area contributed by atoms with Crippen molar-refractivity contribution in [3.63, 3.8) is 0 Å². The summed E-state index contributed by atoms with van der Waals surface area (Å²) >= 11 is 0. The van der Waals surface area contributed by atoms with E-state index in [2.05, 4.69) is 15.0 Å². The maximum absolute atomic E-state index is 13.3. The van der Waals surface area contributed by atoms with Gasteiger partial charge in [0.2, 0.25) is 5.95 Å². The van der Waals surface area contributed by atoms with Crippen molar-refractivity contribution < 1.29 is 14.3 Å². The molecule has 1 aliphatic carbocycles. The topological polar surface area (TPSA) is 115 Å². The average molecular weight is 430 g/mol. The number of carbonyl (C=O) groups is 2. The number of hydrogen-bond acceptors (Lipinski definition) is 9. The fourth-order valence-electron chi connectivity index (χ4n) is 4.19. The molecule has 0 saturated carbocycles. The van der Waals surface area contributed by atoms with Crippen molar-refractivity contribution in [1.82, 2.24) is 20.0 Å². The number of aromatic nitrogens is 3. The Hall–Kier alpha value is -3.53. The zero-order valence-electron chi connectivity index (χ0n) is 17.6. The van der Waals surface area contributed by atoms with Crippen molar-refractivity contribution >= 4 is 17.5 Å². The van der Waals surface area contributed by atoms with Crippen LogP contribution in [-0.4, -0.2) is 64.0 Å². The lowest BCUT2D eigenvalue weighted by atomic mass is 9.82. The zero-order chi connectivity index (χ0) is 22.2. The molecule has 1 atom stereocenters. The molecule has 1 aliphatic heterocycles. The number of rotatable bonds is 4. The van der Waals surface area contributed by atoms with Crippen LogP contribution in [-0.2, 0) is 4.74 Å². The summed E-state index contributed by atoms with van der Waals surface area (Å²) in [5.41, 5.74) is 8.19. The van der Waals surface area contributed by atoms with Gasteiger partial charge in [-0.3, -0.25) is 14.6 Å². The predicted molar refractivity (Wildman–Crippen MR) is 117 cm³/mol. The quantitative estimate of drug-likeness (QED) is 0.483. The van der Waals surface area contributed by atoms with E-state index in [-0.39, 0.29) is 17.7 Å². The average Bonchev–Trinajstić information content (AvgIpc) is 2.83. The third-order valence-corrected chi connectivity index (χ3v) is 5.64. The first-order chi connectivity index (χ1) is 15.6.